The third-order valence-electron chi connectivity index (χ3n) is 2.30. The van der Waals surface area contributed by atoms with Gasteiger partial charge in [0.15, 0.2) is 5.78 Å². The average molecular weight is 299 g/mol. The van der Waals surface area contributed by atoms with Gasteiger partial charge in [0.25, 0.3) is 0 Å². The molecule has 0 spiro atoms. The second kappa shape index (κ2) is 4.51. The van der Waals surface area contributed by atoms with E-state index in [9.17, 15) is 4.79 Å². The van der Waals surface area contributed by atoms with E-state index in [1.165, 1.54) is 0 Å². The standard InChI is InChI=1S/C11H11BrN2OS/c1-7-5-9(14(2)13-7)10(15)6-11-8(12)3-4-16-11/h3-5H,6H2,1-2H3. The molecule has 0 radical (unpaired) electrons. The maximum atomic E-state index is 12.0. The van der Waals surface area contributed by atoms with Gasteiger partial charge in [-0.1, -0.05) is 0 Å². The van der Waals surface area contributed by atoms with Gasteiger partial charge >= 0.3 is 0 Å². The second-order valence-corrected chi connectivity index (χ2v) is 5.44. The highest BCUT2D eigenvalue weighted by molar-refractivity contribution is 9.10. The van der Waals surface area contributed by atoms with E-state index in [1.54, 1.807) is 23.1 Å². The number of thiophene rings is 1. The Bertz CT molecular complexity index is 530. The van der Waals surface area contributed by atoms with Crippen LogP contribution in [0.3, 0.4) is 0 Å². The van der Waals surface area contributed by atoms with Gasteiger partial charge in [0.05, 0.1) is 5.69 Å². The molecule has 2 aromatic rings. The summed E-state index contributed by atoms with van der Waals surface area (Å²) >= 11 is 5.01. The zero-order valence-electron chi connectivity index (χ0n) is 9.03. The number of rotatable bonds is 3. The molecule has 0 aliphatic heterocycles. The number of aromatic nitrogens is 2. The fourth-order valence-corrected chi connectivity index (χ4v) is 3.05. The van der Waals surface area contributed by atoms with Crippen LogP contribution in [0.15, 0.2) is 22.0 Å². The molecule has 84 valence electrons. The predicted molar refractivity (Wildman–Crippen MR) is 68.0 cm³/mol. The summed E-state index contributed by atoms with van der Waals surface area (Å²) < 4.78 is 2.64. The highest BCUT2D eigenvalue weighted by Crippen LogP contribution is 2.24. The zero-order chi connectivity index (χ0) is 11.7. The Kier molecular flexibility index (Phi) is 3.25. The first-order valence-electron chi connectivity index (χ1n) is 4.83. The molecular formula is C11H11BrN2OS. The predicted octanol–water partition coefficient (Wildman–Crippen LogP) is 2.98. The van der Waals surface area contributed by atoms with E-state index in [4.69, 9.17) is 0 Å². The molecule has 0 N–H and O–H groups in total. The van der Waals surface area contributed by atoms with Gasteiger partial charge in [-0.25, -0.2) is 0 Å². The SMILES string of the molecule is Cc1cc(C(=O)Cc2sccc2Br)n(C)n1. The molecule has 0 saturated carbocycles. The minimum Gasteiger partial charge on any atom is -0.292 e. The topological polar surface area (TPSA) is 34.9 Å². The van der Waals surface area contributed by atoms with Gasteiger partial charge in [0, 0.05) is 22.8 Å². The van der Waals surface area contributed by atoms with E-state index in [0.717, 1.165) is 15.0 Å². The van der Waals surface area contributed by atoms with Crippen molar-refractivity contribution in [2.45, 2.75) is 13.3 Å². The monoisotopic (exact) mass is 298 g/mol. The first-order chi connectivity index (χ1) is 7.58. The minimum atomic E-state index is 0.103. The summed E-state index contributed by atoms with van der Waals surface area (Å²) in [6.45, 7) is 1.89. The molecule has 5 heteroatoms. The second-order valence-electron chi connectivity index (χ2n) is 3.59. The van der Waals surface area contributed by atoms with E-state index in [-0.39, 0.29) is 5.78 Å². The molecule has 0 amide bonds. The fraction of sp³-hybridized carbons (Fsp3) is 0.273. The number of aryl methyl sites for hydroxylation is 2. The van der Waals surface area contributed by atoms with Crippen LogP contribution < -0.4 is 0 Å². The van der Waals surface area contributed by atoms with Crippen LogP contribution in [0.5, 0.6) is 0 Å². The van der Waals surface area contributed by atoms with E-state index < -0.39 is 0 Å². The van der Waals surface area contributed by atoms with Crippen molar-refractivity contribution < 1.29 is 4.79 Å². The number of hydrogen-bond acceptors (Lipinski definition) is 3. The van der Waals surface area contributed by atoms with Crippen LogP contribution in [0.1, 0.15) is 21.1 Å². The minimum absolute atomic E-state index is 0.103. The summed E-state index contributed by atoms with van der Waals surface area (Å²) in [6.07, 6.45) is 0.428. The number of halogens is 1. The number of carbonyl (C=O) groups excluding carboxylic acids is 1. The van der Waals surface area contributed by atoms with Crippen molar-refractivity contribution in [3.63, 3.8) is 0 Å². The van der Waals surface area contributed by atoms with Gasteiger partial charge in [-0.2, -0.15) is 5.10 Å². The van der Waals surface area contributed by atoms with Crippen molar-refractivity contribution >= 4 is 33.0 Å². The van der Waals surface area contributed by atoms with Gasteiger partial charge in [-0.15, -0.1) is 11.3 Å². The largest absolute Gasteiger partial charge is 0.292 e. The number of ketones is 1. The number of nitrogens with zero attached hydrogens (tertiary/aromatic N) is 2. The van der Waals surface area contributed by atoms with Gasteiger partial charge < -0.3 is 0 Å². The smallest absolute Gasteiger partial charge is 0.186 e. The van der Waals surface area contributed by atoms with Crippen LogP contribution in [-0.2, 0) is 13.5 Å². The Morgan fingerprint density at radius 2 is 2.38 bits per heavy atom. The van der Waals surface area contributed by atoms with Crippen molar-refractivity contribution in [2.75, 3.05) is 0 Å². The lowest BCUT2D eigenvalue weighted by Gasteiger charge is -2.00. The van der Waals surface area contributed by atoms with Gasteiger partial charge in [0.2, 0.25) is 0 Å². The molecule has 2 aromatic heterocycles. The molecular weight excluding hydrogens is 288 g/mol. The van der Waals surface area contributed by atoms with Crippen molar-refractivity contribution in [2.24, 2.45) is 7.05 Å². The number of carbonyl (C=O) groups is 1. The van der Waals surface area contributed by atoms with Crippen molar-refractivity contribution in [3.8, 4) is 0 Å². The zero-order valence-corrected chi connectivity index (χ0v) is 11.4. The summed E-state index contributed by atoms with van der Waals surface area (Å²) in [4.78, 5) is 13.1. The summed E-state index contributed by atoms with van der Waals surface area (Å²) in [5.41, 5.74) is 1.54. The van der Waals surface area contributed by atoms with Crippen LogP contribution in [-0.4, -0.2) is 15.6 Å². The Hall–Kier alpha value is -0.940. The summed E-state index contributed by atoms with van der Waals surface area (Å²) in [6, 6.07) is 3.78. The van der Waals surface area contributed by atoms with E-state index in [0.29, 0.717) is 12.1 Å². The van der Waals surface area contributed by atoms with Crippen molar-refractivity contribution in [3.05, 3.63) is 38.3 Å². The quantitative estimate of drug-likeness (QED) is 0.817. The Morgan fingerprint density at radius 1 is 1.62 bits per heavy atom. The summed E-state index contributed by atoms with van der Waals surface area (Å²) in [5, 5.41) is 6.14. The molecule has 0 saturated heterocycles. The first kappa shape index (κ1) is 11.5. The third kappa shape index (κ3) is 2.25. The van der Waals surface area contributed by atoms with Crippen LogP contribution >= 0.6 is 27.3 Å². The van der Waals surface area contributed by atoms with Crippen molar-refractivity contribution in [1.29, 1.82) is 0 Å². The van der Waals surface area contributed by atoms with Crippen LogP contribution in [0.4, 0.5) is 0 Å². The van der Waals surface area contributed by atoms with E-state index in [1.807, 2.05) is 24.4 Å². The fourth-order valence-electron chi connectivity index (χ4n) is 1.56. The molecule has 3 nitrogen and oxygen atoms in total. The average Bonchev–Trinajstić information content (AvgIpc) is 2.74. The van der Waals surface area contributed by atoms with Gasteiger partial charge in [-0.3, -0.25) is 9.48 Å². The first-order valence-corrected chi connectivity index (χ1v) is 6.51. The van der Waals surface area contributed by atoms with E-state index in [2.05, 4.69) is 21.0 Å². The van der Waals surface area contributed by atoms with Crippen LogP contribution in [0, 0.1) is 6.92 Å². The maximum absolute atomic E-state index is 12.0. The van der Waals surface area contributed by atoms with Gasteiger partial charge in [0.1, 0.15) is 5.69 Å². The van der Waals surface area contributed by atoms with Crippen LogP contribution in [0.25, 0.3) is 0 Å². The van der Waals surface area contributed by atoms with Crippen molar-refractivity contribution in [1.82, 2.24) is 9.78 Å². The summed E-state index contributed by atoms with van der Waals surface area (Å²) in [5.74, 6) is 0.103. The molecule has 2 rings (SSSR count). The molecule has 0 atom stereocenters. The molecule has 2 heterocycles. The summed E-state index contributed by atoms with van der Waals surface area (Å²) in [7, 11) is 1.80. The Labute approximate surface area is 106 Å². The molecule has 16 heavy (non-hydrogen) atoms. The lowest BCUT2D eigenvalue weighted by atomic mass is 10.2. The highest BCUT2D eigenvalue weighted by Gasteiger charge is 2.14. The normalized spacial score (nSPS) is 10.7. The molecule has 0 fully saturated rings. The lowest BCUT2D eigenvalue weighted by Crippen LogP contribution is -2.09. The maximum Gasteiger partial charge on any atom is 0.186 e. The van der Waals surface area contributed by atoms with Crippen LogP contribution in [0.2, 0.25) is 0 Å². The highest BCUT2D eigenvalue weighted by atomic mass is 79.9. The molecule has 0 aliphatic carbocycles. The molecule has 0 unspecified atom stereocenters. The third-order valence-corrected chi connectivity index (χ3v) is 4.23. The Balaban J connectivity index is 2.21. The molecule has 0 aromatic carbocycles. The number of hydrogen-bond donors (Lipinski definition) is 0. The Morgan fingerprint density at radius 3 is 2.88 bits per heavy atom. The molecule has 0 aliphatic rings. The number of Topliss-reactive ketones (excluding diaryl/α,β-unsaturated/α-hetero) is 1. The molecule has 0 bridgehead atoms. The van der Waals surface area contributed by atoms with Gasteiger partial charge in [-0.05, 0) is 40.4 Å². The lowest BCUT2D eigenvalue weighted by molar-refractivity contribution is 0.0984. The van der Waals surface area contributed by atoms with E-state index >= 15 is 0 Å².